The van der Waals surface area contributed by atoms with Crippen LogP contribution in [0.1, 0.15) is 33.1 Å². The molecule has 2 aromatic rings. The van der Waals surface area contributed by atoms with Gasteiger partial charge in [-0.25, -0.2) is 9.78 Å². The maximum absolute atomic E-state index is 11.9. The fraction of sp³-hybridized carbons (Fsp3) is 0.231. The number of carbonyl (C=O) groups is 2. The predicted octanol–water partition coefficient (Wildman–Crippen LogP) is 0.865. The number of carbonyl (C=O) groups excluding carboxylic acids is 1. The largest absolute Gasteiger partial charge is 0.478 e. The molecule has 0 saturated carbocycles. The second kappa shape index (κ2) is 6.46. The van der Waals surface area contributed by atoms with Crippen molar-refractivity contribution >= 4 is 11.9 Å². The topological polar surface area (TPSA) is 108 Å². The molecule has 0 unspecified atom stereocenters. The molecule has 0 radical (unpaired) electrons. The fourth-order valence-corrected chi connectivity index (χ4v) is 1.73. The molecule has 0 saturated heterocycles. The van der Waals surface area contributed by atoms with Gasteiger partial charge >= 0.3 is 5.97 Å². The van der Waals surface area contributed by atoms with Gasteiger partial charge < -0.3 is 15.4 Å². The fourth-order valence-electron chi connectivity index (χ4n) is 1.73. The molecule has 104 valence electrons. The molecule has 7 heteroatoms. The third kappa shape index (κ3) is 3.41. The summed E-state index contributed by atoms with van der Waals surface area (Å²) in [6.45, 7) is 0.426. The van der Waals surface area contributed by atoms with E-state index in [0.717, 1.165) is 5.82 Å². The van der Waals surface area contributed by atoms with E-state index in [1.54, 1.807) is 12.4 Å². The molecule has 0 aromatic carbocycles. The Morgan fingerprint density at radius 2 is 2.15 bits per heavy atom. The van der Waals surface area contributed by atoms with Crippen molar-refractivity contribution in [2.75, 3.05) is 6.54 Å². The molecule has 0 aliphatic rings. The van der Waals surface area contributed by atoms with E-state index in [2.05, 4.69) is 20.3 Å². The maximum Gasteiger partial charge on any atom is 0.338 e. The van der Waals surface area contributed by atoms with Gasteiger partial charge in [-0.1, -0.05) is 0 Å². The highest BCUT2D eigenvalue weighted by Gasteiger charge is 2.16. The minimum atomic E-state index is -1.17. The van der Waals surface area contributed by atoms with E-state index in [1.165, 1.54) is 18.3 Å². The van der Waals surface area contributed by atoms with Gasteiger partial charge in [0, 0.05) is 31.6 Å². The number of H-pyrrole nitrogens is 1. The molecule has 3 N–H and O–H groups in total. The van der Waals surface area contributed by atoms with Crippen molar-refractivity contribution in [3.8, 4) is 0 Å². The lowest BCUT2D eigenvalue weighted by atomic mass is 10.2. The Morgan fingerprint density at radius 3 is 2.85 bits per heavy atom. The summed E-state index contributed by atoms with van der Waals surface area (Å²) in [4.78, 5) is 33.7. The van der Waals surface area contributed by atoms with E-state index in [1.807, 2.05) is 0 Å². The number of hydrogen-bond donors (Lipinski definition) is 3. The Bertz CT molecular complexity index is 595. The average molecular weight is 274 g/mol. The molecule has 20 heavy (non-hydrogen) atoms. The van der Waals surface area contributed by atoms with Crippen LogP contribution in [0.4, 0.5) is 0 Å². The Morgan fingerprint density at radius 1 is 1.30 bits per heavy atom. The first-order valence-electron chi connectivity index (χ1n) is 6.13. The van der Waals surface area contributed by atoms with Gasteiger partial charge in [-0.2, -0.15) is 0 Å². The van der Waals surface area contributed by atoms with Crippen molar-refractivity contribution in [2.45, 2.75) is 12.8 Å². The van der Waals surface area contributed by atoms with Gasteiger partial charge in [-0.05, 0) is 18.6 Å². The van der Waals surface area contributed by atoms with Gasteiger partial charge in [0.1, 0.15) is 11.5 Å². The van der Waals surface area contributed by atoms with E-state index < -0.39 is 11.9 Å². The van der Waals surface area contributed by atoms with E-state index in [-0.39, 0.29) is 11.3 Å². The van der Waals surface area contributed by atoms with Gasteiger partial charge in [-0.15, -0.1) is 0 Å². The van der Waals surface area contributed by atoms with Crippen LogP contribution in [0.25, 0.3) is 0 Å². The number of carboxylic acid groups (broad SMARTS) is 1. The van der Waals surface area contributed by atoms with Crippen molar-refractivity contribution in [3.63, 3.8) is 0 Å². The van der Waals surface area contributed by atoms with Crippen LogP contribution < -0.4 is 5.32 Å². The summed E-state index contributed by atoms with van der Waals surface area (Å²) in [5.41, 5.74) is -0.172. The number of nitrogens with zero attached hydrogens (tertiary/aromatic N) is 2. The number of aromatic carboxylic acids is 1. The van der Waals surface area contributed by atoms with Crippen LogP contribution in [0.15, 0.2) is 30.7 Å². The summed E-state index contributed by atoms with van der Waals surface area (Å²) in [5.74, 6) is -0.801. The summed E-state index contributed by atoms with van der Waals surface area (Å²) in [6.07, 6.45) is 6.21. The smallest absolute Gasteiger partial charge is 0.338 e. The van der Waals surface area contributed by atoms with Crippen molar-refractivity contribution in [1.82, 2.24) is 20.3 Å². The van der Waals surface area contributed by atoms with Crippen LogP contribution in [0.2, 0.25) is 0 Å². The SMILES string of the molecule is O=C(O)c1cccnc1C(=O)NCCCc1ncc[nH]1. The molecule has 0 bridgehead atoms. The van der Waals surface area contributed by atoms with Gasteiger partial charge in [0.15, 0.2) is 0 Å². The molecule has 0 atom stereocenters. The number of hydrogen-bond acceptors (Lipinski definition) is 4. The zero-order chi connectivity index (χ0) is 14.4. The standard InChI is InChI=1S/C13H14N4O3/c18-12(11-9(13(19)20)3-1-5-16-11)17-6-2-4-10-14-7-8-15-10/h1,3,5,7-8H,2,4,6H2,(H,14,15)(H,17,18)(H,19,20). The van der Waals surface area contributed by atoms with E-state index in [9.17, 15) is 9.59 Å². The van der Waals surface area contributed by atoms with Crippen LogP contribution in [0, 0.1) is 0 Å². The number of aromatic amines is 1. The number of amides is 1. The lowest BCUT2D eigenvalue weighted by Gasteiger charge is -2.06. The molecular formula is C13H14N4O3. The first-order valence-corrected chi connectivity index (χ1v) is 6.13. The number of nitrogens with one attached hydrogen (secondary N) is 2. The molecule has 0 aliphatic carbocycles. The molecule has 0 spiro atoms. The predicted molar refractivity (Wildman–Crippen MR) is 70.4 cm³/mol. The van der Waals surface area contributed by atoms with Crippen LogP contribution in [-0.2, 0) is 6.42 Å². The molecule has 2 aromatic heterocycles. The quantitative estimate of drug-likeness (QED) is 0.677. The lowest BCUT2D eigenvalue weighted by Crippen LogP contribution is -2.27. The average Bonchev–Trinajstić information content (AvgIpc) is 2.96. The number of imidazole rings is 1. The summed E-state index contributed by atoms with van der Waals surface area (Å²) in [6, 6.07) is 2.84. The van der Waals surface area contributed by atoms with Crippen molar-refractivity contribution < 1.29 is 14.7 Å². The number of pyridine rings is 1. The van der Waals surface area contributed by atoms with E-state index >= 15 is 0 Å². The molecule has 7 nitrogen and oxygen atoms in total. The van der Waals surface area contributed by atoms with Crippen LogP contribution in [-0.4, -0.2) is 38.5 Å². The summed E-state index contributed by atoms with van der Waals surface area (Å²) < 4.78 is 0. The van der Waals surface area contributed by atoms with Gasteiger partial charge in [0.2, 0.25) is 0 Å². The van der Waals surface area contributed by atoms with Crippen LogP contribution >= 0.6 is 0 Å². The number of rotatable bonds is 6. The van der Waals surface area contributed by atoms with Gasteiger partial charge in [-0.3, -0.25) is 9.78 Å². The minimum absolute atomic E-state index is 0.0713. The van der Waals surface area contributed by atoms with Gasteiger partial charge in [0.25, 0.3) is 5.91 Å². The Balaban J connectivity index is 1.87. The molecule has 0 aliphatic heterocycles. The maximum atomic E-state index is 11.9. The first kappa shape index (κ1) is 13.7. The molecule has 0 fully saturated rings. The van der Waals surface area contributed by atoms with Crippen LogP contribution in [0.3, 0.4) is 0 Å². The Labute approximate surface area is 115 Å². The van der Waals surface area contributed by atoms with Crippen molar-refractivity contribution in [2.24, 2.45) is 0 Å². The monoisotopic (exact) mass is 274 g/mol. The second-order valence-corrected chi connectivity index (χ2v) is 4.10. The number of aryl methyl sites for hydroxylation is 1. The molecule has 2 heterocycles. The first-order chi connectivity index (χ1) is 9.68. The summed E-state index contributed by atoms with van der Waals surface area (Å²) in [7, 11) is 0. The Kier molecular flexibility index (Phi) is 4.43. The lowest BCUT2D eigenvalue weighted by molar-refractivity contribution is 0.0690. The van der Waals surface area contributed by atoms with E-state index in [4.69, 9.17) is 5.11 Å². The summed E-state index contributed by atoms with van der Waals surface area (Å²) in [5, 5.41) is 11.6. The number of carboxylic acids is 1. The highest BCUT2D eigenvalue weighted by molar-refractivity contribution is 6.03. The zero-order valence-corrected chi connectivity index (χ0v) is 10.7. The third-order valence-corrected chi connectivity index (χ3v) is 2.68. The molecular weight excluding hydrogens is 260 g/mol. The van der Waals surface area contributed by atoms with Gasteiger partial charge in [0.05, 0.1) is 5.56 Å². The van der Waals surface area contributed by atoms with Crippen LogP contribution in [0.5, 0.6) is 0 Å². The van der Waals surface area contributed by atoms with Crippen molar-refractivity contribution in [1.29, 1.82) is 0 Å². The highest BCUT2D eigenvalue weighted by atomic mass is 16.4. The van der Waals surface area contributed by atoms with E-state index in [0.29, 0.717) is 19.4 Å². The van der Waals surface area contributed by atoms with Crippen molar-refractivity contribution in [3.05, 3.63) is 47.8 Å². The normalized spacial score (nSPS) is 10.2. The highest BCUT2D eigenvalue weighted by Crippen LogP contribution is 2.05. The number of aromatic nitrogens is 3. The third-order valence-electron chi connectivity index (χ3n) is 2.68. The minimum Gasteiger partial charge on any atom is -0.478 e. The molecule has 2 rings (SSSR count). The Hall–Kier alpha value is -2.70. The zero-order valence-electron chi connectivity index (χ0n) is 10.7. The molecule has 1 amide bonds. The second-order valence-electron chi connectivity index (χ2n) is 4.10. The summed E-state index contributed by atoms with van der Waals surface area (Å²) >= 11 is 0.